The van der Waals surface area contributed by atoms with E-state index in [1.54, 1.807) is 0 Å². The second kappa shape index (κ2) is 7.73. The summed E-state index contributed by atoms with van der Waals surface area (Å²) >= 11 is 0. The summed E-state index contributed by atoms with van der Waals surface area (Å²) in [6.45, 7) is 5.83. The van der Waals surface area contributed by atoms with Crippen LogP contribution in [0.5, 0.6) is 0 Å². The van der Waals surface area contributed by atoms with Gasteiger partial charge in [-0.05, 0) is 72.4 Å². The van der Waals surface area contributed by atoms with E-state index >= 15 is 0 Å². The van der Waals surface area contributed by atoms with E-state index in [4.69, 9.17) is 19.3 Å². The van der Waals surface area contributed by atoms with Gasteiger partial charge in [0.15, 0.2) is 0 Å². The minimum atomic E-state index is -1.38. The summed E-state index contributed by atoms with van der Waals surface area (Å²) in [6, 6.07) is 17.0. The number of hydrogen-bond acceptors (Lipinski definition) is 1. The standard InChI is InChI=1S/C28H22O/c1-7-22-10-13-25(16-19(22)4)28(29,26-14-11-23(8-2)20(5)17-26)27-15-12-24(9-3)21(6)18-27/h1-3,10-18,29H,4-6H3. The zero-order chi connectivity index (χ0) is 21.2. The molecule has 0 aliphatic carbocycles. The first kappa shape index (κ1) is 20.0. The van der Waals surface area contributed by atoms with Gasteiger partial charge in [0.25, 0.3) is 0 Å². The van der Waals surface area contributed by atoms with Crippen molar-refractivity contribution in [1.82, 2.24) is 0 Å². The van der Waals surface area contributed by atoms with Crippen LogP contribution in [0.2, 0.25) is 0 Å². The predicted molar refractivity (Wildman–Crippen MR) is 119 cm³/mol. The highest BCUT2D eigenvalue weighted by Crippen LogP contribution is 2.38. The van der Waals surface area contributed by atoms with E-state index in [0.717, 1.165) is 50.1 Å². The van der Waals surface area contributed by atoms with Crippen LogP contribution >= 0.6 is 0 Å². The molecular formula is C28H22O. The van der Waals surface area contributed by atoms with Crippen molar-refractivity contribution < 1.29 is 5.11 Å². The number of terminal acetylenes is 3. The molecule has 1 nitrogen and oxygen atoms in total. The first-order valence-corrected chi connectivity index (χ1v) is 9.30. The van der Waals surface area contributed by atoms with Gasteiger partial charge in [0, 0.05) is 16.7 Å². The van der Waals surface area contributed by atoms with Crippen LogP contribution in [-0.2, 0) is 5.60 Å². The molecule has 0 atom stereocenters. The van der Waals surface area contributed by atoms with Gasteiger partial charge in [-0.15, -0.1) is 19.3 Å². The molecule has 0 saturated heterocycles. The molecule has 0 aliphatic rings. The molecule has 0 radical (unpaired) electrons. The molecule has 140 valence electrons. The third-order valence-corrected chi connectivity index (χ3v) is 5.40. The molecule has 0 fully saturated rings. The summed E-state index contributed by atoms with van der Waals surface area (Å²) in [6.07, 6.45) is 16.8. The van der Waals surface area contributed by atoms with Crippen molar-refractivity contribution in [2.45, 2.75) is 26.4 Å². The number of benzene rings is 3. The average molecular weight is 374 g/mol. The molecule has 0 spiro atoms. The highest BCUT2D eigenvalue weighted by Gasteiger charge is 2.34. The van der Waals surface area contributed by atoms with Gasteiger partial charge in [-0.3, -0.25) is 0 Å². The Morgan fingerprint density at radius 1 is 0.586 bits per heavy atom. The Labute approximate surface area is 173 Å². The lowest BCUT2D eigenvalue weighted by molar-refractivity contribution is 0.125. The lowest BCUT2D eigenvalue weighted by Gasteiger charge is -2.31. The Balaban J connectivity index is 2.33. The fraction of sp³-hybridized carbons (Fsp3) is 0.143. The summed E-state index contributed by atoms with van der Waals surface area (Å²) in [5.41, 5.74) is 6.00. The van der Waals surface area contributed by atoms with Crippen molar-refractivity contribution >= 4 is 0 Å². The molecule has 29 heavy (non-hydrogen) atoms. The maximum absolute atomic E-state index is 12.1. The summed E-state index contributed by atoms with van der Waals surface area (Å²) in [7, 11) is 0. The molecule has 0 aromatic heterocycles. The molecule has 1 N–H and O–H groups in total. The molecule has 3 aromatic rings. The molecule has 0 heterocycles. The zero-order valence-corrected chi connectivity index (χ0v) is 16.9. The number of aryl methyl sites for hydroxylation is 3. The molecule has 1 heteroatoms. The van der Waals surface area contributed by atoms with E-state index in [1.807, 2.05) is 75.4 Å². The third kappa shape index (κ3) is 3.44. The molecule has 0 bridgehead atoms. The van der Waals surface area contributed by atoms with Gasteiger partial charge in [-0.1, -0.05) is 54.2 Å². The first-order chi connectivity index (χ1) is 13.8. The lowest BCUT2D eigenvalue weighted by atomic mass is 9.78. The van der Waals surface area contributed by atoms with Gasteiger partial charge in [0.1, 0.15) is 5.60 Å². The van der Waals surface area contributed by atoms with E-state index < -0.39 is 5.60 Å². The van der Waals surface area contributed by atoms with Crippen molar-refractivity contribution in [1.29, 1.82) is 0 Å². The Morgan fingerprint density at radius 3 is 1.07 bits per heavy atom. The Hall–Kier alpha value is -3.70. The van der Waals surface area contributed by atoms with Gasteiger partial charge in [-0.2, -0.15) is 0 Å². The van der Waals surface area contributed by atoms with E-state index in [-0.39, 0.29) is 0 Å². The second-order valence-electron chi connectivity index (χ2n) is 7.23. The monoisotopic (exact) mass is 374 g/mol. The largest absolute Gasteiger partial charge is 0.376 e. The molecule has 0 aliphatic heterocycles. The van der Waals surface area contributed by atoms with Crippen LogP contribution in [0, 0.1) is 57.8 Å². The Bertz CT molecular complexity index is 1070. The second-order valence-corrected chi connectivity index (χ2v) is 7.23. The van der Waals surface area contributed by atoms with Crippen molar-refractivity contribution in [2.75, 3.05) is 0 Å². The van der Waals surface area contributed by atoms with E-state index in [1.165, 1.54) is 0 Å². The van der Waals surface area contributed by atoms with Crippen LogP contribution in [0.3, 0.4) is 0 Å². The van der Waals surface area contributed by atoms with Crippen molar-refractivity contribution in [3.05, 3.63) is 105 Å². The van der Waals surface area contributed by atoms with Crippen LogP contribution in [-0.4, -0.2) is 5.11 Å². The minimum absolute atomic E-state index is 0.731. The van der Waals surface area contributed by atoms with Gasteiger partial charge < -0.3 is 5.11 Å². The highest BCUT2D eigenvalue weighted by atomic mass is 16.3. The van der Waals surface area contributed by atoms with Crippen LogP contribution in [0.1, 0.15) is 50.1 Å². The summed E-state index contributed by atoms with van der Waals surface area (Å²) in [5, 5.41) is 12.1. The summed E-state index contributed by atoms with van der Waals surface area (Å²) in [5.74, 6) is 8.03. The number of hydrogen-bond donors (Lipinski definition) is 1. The minimum Gasteiger partial charge on any atom is -0.376 e. The van der Waals surface area contributed by atoms with Crippen LogP contribution in [0.25, 0.3) is 0 Å². The average Bonchev–Trinajstić information content (AvgIpc) is 2.72. The van der Waals surface area contributed by atoms with Crippen LogP contribution in [0.4, 0.5) is 0 Å². The highest BCUT2D eigenvalue weighted by molar-refractivity contribution is 5.55. The van der Waals surface area contributed by atoms with Crippen LogP contribution < -0.4 is 0 Å². The lowest BCUT2D eigenvalue weighted by Crippen LogP contribution is -2.29. The molecule has 0 amide bonds. The number of aliphatic hydroxyl groups is 1. The number of rotatable bonds is 3. The smallest absolute Gasteiger partial charge is 0.140 e. The van der Waals surface area contributed by atoms with Gasteiger partial charge in [0.2, 0.25) is 0 Å². The summed E-state index contributed by atoms with van der Waals surface area (Å²) < 4.78 is 0. The topological polar surface area (TPSA) is 20.2 Å². The van der Waals surface area contributed by atoms with E-state index in [9.17, 15) is 5.11 Å². The van der Waals surface area contributed by atoms with E-state index in [0.29, 0.717) is 0 Å². The normalized spacial score (nSPS) is 10.7. The quantitative estimate of drug-likeness (QED) is 0.514. The van der Waals surface area contributed by atoms with Crippen LogP contribution in [0.15, 0.2) is 54.6 Å². The van der Waals surface area contributed by atoms with Gasteiger partial charge >= 0.3 is 0 Å². The van der Waals surface area contributed by atoms with Crippen molar-refractivity contribution in [2.24, 2.45) is 0 Å². The molecule has 0 saturated carbocycles. The van der Waals surface area contributed by atoms with Crippen molar-refractivity contribution in [3.8, 4) is 37.0 Å². The summed E-state index contributed by atoms with van der Waals surface area (Å²) in [4.78, 5) is 0. The van der Waals surface area contributed by atoms with Gasteiger partial charge in [0.05, 0.1) is 0 Å². The maximum Gasteiger partial charge on any atom is 0.140 e. The fourth-order valence-electron chi connectivity index (χ4n) is 3.65. The predicted octanol–water partition coefficient (Wildman–Crippen LogP) is 4.84. The van der Waals surface area contributed by atoms with E-state index in [2.05, 4.69) is 17.8 Å². The third-order valence-electron chi connectivity index (χ3n) is 5.40. The first-order valence-electron chi connectivity index (χ1n) is 9.30. The molecule has 0 unspecified atom stereocenters. The van der Waals surface area contributed by atoms with Crippen molar-refractivity contribution in [3.63, 3.8) is 0 Å². The molecule has 3 rings (SSSR count). The zero-order valence-electron chi connectivity index (χ0n) is 16.9. The molecular weight excluding hydrogens is 352 g/mol. The molecule has 3 aromatic carbocycles. The Kier molecular flexibility index (Phi) is 5.35. The Morgan fingerprint density at radius 2 is 0.862 bits per heavy atom. The maximum atomic E-state index is 12.1. The fourth-order valence-corrected chi connectivity index (χ4v) is 3.65. The van der Waals surface area contributed by atoms with Gasteiger partial charge in [-0.25, -0.2) is 0 Å². The SMILES string of the molecule is C#Cc1ccc(C(O)(c2ccc(C#C)c(C)c2)c2ccc(C#C)c(C)c2)cc1C.